The second kappa shape index (κ2) is 67.8. The van der Waals surface area contributed by atoms with E-state index in [1.165, 1.54) is 13.8 Å². The maximum atomic E-state index is 14.3. The lowest BCUT2D eigenvalue weighted by Crippen LogP contribution is -2.50. The van der Waals surface area contributed by atoms with E-state index < -0.39 is 142 Å². The number of Topliss-reactive ketones (excluding diaryl/α,β-unsaturated/α-hetero) is 6. The van der Waals surface area contributed by atoms with Crippen molar-refractivity contribution >= 4 is 118 Å². The van der Waals surface area contributed by atoms with Crippen LogP contribution < -0.4 is 129 Å². The van der Waals surface area contributed by atoms with Gasteiger partial charge in [0.05, 0.1) is 48.2 Å². The summed E-state index contributed by atoms with van der Waals surface area (Å²) in [5, 5.41) is 28.3. The van der Waals surface area contributed by atoms with Gasteiger partial charge in [-0.05, 0) is 155 Å². The number of unbranched alkanes of at least 4 members (excludes halogenated alkanes) is 3. The van der Waals surface area contributed by atoms with E-state index in [-0.39, 0.29) is 227 Å². The zero-order valence-corrected chi connectivity index (χ0v) is 73.7. The van der Waals surface area contributed by atoms with Gasteiger partial charge in [0.25, 0.3) is 0 Å². The Kier molecular flexibility index (Phi) is 62.6. The van der Waals surface area contributed by atoms with Gasteiger partial charge in [-0.15, -0.1) is 24.7 Å². The van der Waals surface area contributed by atoms with E-state index >= 15 is 0 Å². The number of ketones is 6. The molecule has 40 N–H and O–H groups in total. The average Bonchev–Trinajstić information content (AvgIpc) is 0.866. The average molecular weight is 1770 g/mol. The van der Waals surface area contributed by atoms with Crippen LogP contribution in [0.3, 0.4) is 0 Å². The van der Waals surface area contributed by atoms with Crippen molar-refractivity contribution in [1.82, 2.24) is 37.2 Å². The van der Waals surface area contributed by atoms with Gasteiger partial charge in [0, 0.05) is 120 Å². The van der Waals surface area contributed by atoms with Crippen molar-refractivity contribution < 1.29 is 72.2 Å². The van der Waals surface area contributed by atoms with Crippen LogP contribution >= 0.6 is 0 Å². The van der Waals surface area contributed by atoms with Gasteiger partial charge in [0.1, 0.15) is 6.04 Å². The van der Waals surface area contributed by atoms with Crippen molar-refractivity contribution in [3.63, 3.8) is 0 Å². The van der Waals surface area contributed by atoms with Gasteiger partial charge in [-0.25, -0.2) is 4.79 Å². The molecular formula is C81H147N29O15. The molecule has 125 heavy (non-hydrogen) atoms. The Morgan fingerprint density at radius 1 is 0.312 bits per heavy atom. The van der Waals surface area contributed by atoms with Crippen LogP contribution in [-0.4, -0.2) is 230 Å². The lowest BCUT2D eigenvalue weighted by molar-refractivity contribution is -0.143. The summed E-state index contributed by atoms with van der Waals surface area (Å²) in [6, 6.07) is -8.47. The van der Waals surface area contributed by atoms with Crippen LogP contribution in [0.1, 0.15) is 221 Å². The molecular weight excluding hydrogens is 1620 g/mol. The first-order valence-corrected chi connectivity index (χ1v) is 42.6. The Hall–Kier alpha value is -11.6. The molecule has 0 spiro atoms. The molecule has 0 saturated carbocycles. The topological polar surface area (TPSA) is 834 Å². The van der Waals surface area contributed by atoms with Crippen molar-refractivity contribution in [2.75, 3.05) is 58.9 Å². The number of carbonyl (C=O) groups excluding carboxylic acids is 13. The smallest absolute Gasteiger partial charge is 0.326 e. The van der Waals surface area contributed by atoms with Crippen LogP contribution in [0.25, 0.3) is 0 Å². The zero-order chi connectivity index (χ0) is 95.1. The minimum absolute atomic E-state index is 0.0324. The molecule has 0 unspecified atom stereocenters. The van der Waals surface area contributed by atoms with Gasteiger partial charge in [0.2, 0.25) is 41.4 Å². The standard InChI is InChI=1S/C41H67N7O9.C40H80N22O6/c1-7-15-29(25-36(51)32(18-10-13-21-43)46-37(52)26(3)4)39(54)45-28(6)34(49)24-30(17-9-12-20-42)40(55)47-31(16-8-2)35(50)23-27(5)38(53)48-33(41(56)57)19-11-14-22-44;1-2-29(63)26(12-6-18-57-38(48)49)60-32(66)23(9-3-15-54-35(42)43)21-30(64)27(13-7-19-58-39(50)51)61-33(67)24(10-4-16-55-36(44)45)22-31(65)28(14-8-20-59-40(52)53)62-34(68)25(41)11-5-17-56-37(46)47/h1-2,26-33H,9-25,42-44H2,3-6H3,(H,45,54)(H,46,52)(H,47,55)(H,48,53)(H,56,57);23-28H,2-22,41H2,1H3,(H,60,66)(H,61,67)(H,62,68)(H4,42,43,54)(H4,44,45,55)(H4,46,47,56)(H4,48,49,57)(H4,50,51,58)(H4,52,53,59)/t27-,28+,29-,30-,31+,32+,33+;23-,24-,25+,26+,27+,28+/m11/s1. The van der Waals surface area contributed by atoms with E-state index in [0.29, 0.717) is 77.4 Å². The Morgan fingerprint density at radius 3 is 0.944 bits per heavy atom. The summed E-state index contributed by atoms with van der Waals surface area (Å²) in [6.45, 7) is 10.0. The molecule has 706 valence electrons. The molecule has 0 aromatic rings. The number of nitrogens with two attached hydrogens (primary N) is 16. The number of aliphatic imine (C=N–C) groups is 6. The molecule has 0 rings (SSSR count). The molecule has 0 fully saturated rings. The van der Waals surface area contributed by atoms with Crippen molar-refractivity contribution in [1.29, 1.82) is 0 Å². The predicted octanol–water partition coefficient (Wildman–Crippen LogP) is -4.91. The first kappa shape index (κ1) is 115. The summed E-state index contributed by atoms with van der Waals surface area (Å²) in [5.41, 5.74) is 88.6. The SMILES string of the molecule is C#CC[C@H](CC(=O)[C@H](CCCCN)NC(=O)C(C)C)C(=O)N[C@@H](C)C(=O)C[C@@H](CCCCN)C(=O)N[C@@H](CC#C)C(=O)C[C@@H](C)C(=O)N[C@@H](CCCCN)C(=O)O.CCC(=O)[C@H](CCCN=C(N)N)NC(=O)[C@H](CCCN=C(N)N)CC(=O)[C@H](CCCN=C(N)N)NC(=O)[C@H](CCCN=C(N)N)CC(=O)[C@H](CCCN=C(N)N)NC(=O)[C@@H](N)CCCN=C(N)N. The minimum atomic E-state index is -1.21. The zero-order valence-electron chi connectivity index (χ0n) is 73.7. The summed E-state index contributed by atoms with van der Waals surface area (Å²) in [4.78, 5) is 211. The fourth-order valence-corrected chi connectivity index (χ4v) is 12.6. The molecule has 0 heterocycles. The number of rotatable bonds is 70. The van der Waals surface area contributed by atoms with Crippen molar-refractivity contribution in [3.8, 4) is 24.7 Å². The van der Waals surface area contributed by atoms with Crippen molar-refractivity contribution in [2.24, 2.45) is 157 Å². The third-order valence-corrected chi connectivity index (χ3v) is 19.8. The molecule has 0 aromatic carbocycles. The van der Waals surface area contributed by atoms with Crippen molar-refractivity contribution in [3.05, 3.63) is 0 Å². The number of guanidine groups is 6. The molecule has 44 nitrogen and oxygen atoms in total. The fraction of sp³-hybridized carbons (Fsp3) is 0.704. The van der Waals surface area contributed by atoms with Crippen LogP contribution in [0, 0.1) is 60.2 Å². The van der Waals surface area contributed by atoms with E-state index in [4.69, 9.17) is 105 Å². The summed E-state index contributed by atoms with van der Waals surface area (Å²) < 4.78 is 0. The maximum Gasteiger partial charge on any atom is 0.326 e. The number of terminal acetylenes is 2. The van der Waals surface area contributed by atoms with Crippen LogP contribution in [0.5, 0.6) is 0 Å². The number of nitrogens with one attached hydrogen (secondary N) is 7. The highest BCUT2D eigenvalue weighted by molar-refractivity contribution is 5.99. The molecule has 44 heteroatoms. The lowest BCUT2D eigenvalue weighted by Gasteiger charge is -2.26. The first-order chi connectivity index (χ1) is 59.0. The van der Waals surface area contributed by atoms with Crippen LogP contribution in [-0.2, 0) is 67.1 Å². The number of carbonyl (C=O) groups is 14. The van der Waals surface area contributed by atoms with E-state index in [9.17, 15) is 72.2 Å². The molecule has 0 aliphatic rings. The Balaban J connectivity index is 0. The molecule has 0 aliphatic heterocycles. The normalized spacial score (nSPS) is 13.9. The Labute approximate surface area is 734 Å². The number of hydrogen-bond acceptors (Lipinski definition) is 24. The quantitative estimate of drug-likeness (QED) is 0.0117. The lowest BCUT2D eigenvalue weighted by atomic mass is 9.89. The van der Waals surface area contributed by atoms with Gasteiger partial charge in [-0.1, -0.05) is 34.1 Å². The van der Waals surface area contributed by atoms with E-state index in [1.54, 1.807) is 20.8 Å². The molecule has 0 radical (unpaired) electrons. The second-order valence-electron chi connectivity index (χ2n) is 30.9. The number of carboxylic acid groups (broad SMARTS) is 1. The summed E-state index contributed by atoms with van der Waals surface area (Å²) >= 11 is 0. The highest BCUT2D eigenvalue weighted by Crippen LogP contribution is 2.23. The van der Waals surface area contributed by atoms with Crippen LogP contribution in [0.15, 0.2) is 30.0 Å². The van der Waals surface area contributed by atoms with Crippen LogP contribution in [0.2, 0.25) is 0 Å². The fourth-order valence-electron chi connectivity index (χ4n) is 12.6. The number of carboxylic acids is 1. The summed E-state index contributed by atoms with van der Waals surface area (Å²) in [6.07, 6.45) is 15.8. The first-order valence-electron chi connectivity index (χ1n) is 42.6. The van der Waals surface area contributed by atoms with E-state index in [2.05, 4.69) is 79.0 Å². The highest BCUT2D eigenvalue weighted by atomic mass is 16.4. The molecule has 0 aliphatic carbocycles. The molecule has 0 bridgehead atoms. The van der Waals surface area contributed by atoms with E-state index in [0.717, 1.165) is 0 Å². The monoisotopic (exact) mass is 1770 g/mol. The maximum absolute atomic E-state index is 14.3. The van der Waals surface area contributed by atoms with Crippen molar-refractivity contribution in [2.45, 2.75) is 269 Å². The molecule has 0 saturated heterocycles. The largest absolute Gasteiger partial charge is 0.480 e. The molecule has 7 amide bonds. The third-order valence-electron chi connectivity index (χ3n) is 19.8. The molecule has 0 aromatic heterocycles. The van der Waals surface area contributed by atoms with Gasteiger partial charge in [-0.2, -0.15) is 0 Å². The number of hydrogen-bond donors (Lipinski definition) is 24. The van der Waals surface area contributed by atoms with Gasteiger partial charge in [0.15, 0.2) is 70.5 Å². The van der Waals surface area contributed by atoms with E-state index in [1.807, 2.05) is 0 Å². The van der Waals surface area contributed by atoms with Gasteiger partial charge >= 0.3 is 5.97 Å². The van der Waals surface area contributed by atoms with Crippen LogP contribution in [0.4, 0.5) is 0 Å². The predicted molar refractivity (Wildman–Crippen MR) is 481 cm³/mol. The van der Waals surface area contributed by atoms with Gasteiger partial charge < -0.3 is 134 Å². The second-order valence-corrected chi connectivity index (χ2v) is 30.9. The third kappa shape index (κ3) is 55.3. The highest BCUT2D eigenvalue weighted by Gasteiger charge is 2.37. The number of aliphatic carboxylic acids is 1. The Bertz CT molecular complexity index is 3650. The number of amides is 7. The Morgan fingerprint density at radius 2 is 0.592 bits per heavy atom. The summed E-state index contributed by atoms with van der Waals surface area (Å²) in [7, 11) is 0. The minimum Gasteiger partial charge on any atom is -0.480 e. The number of nitrogens with zero attached hydrogens (tertiary/aromatic N) is 6. The summed E-state index contributed by atoms with van der Waals surface area (Å²) in [5.74, 6) is -9.43. The molecule has 13 atom stereocenters. The van der Waals surface area contributed by atoms with Gasteiger partial charge in [-0.3, -0.25) is 92.3 Å².